The molecule has 0 N–H and O–H groups in total. The number of ether oxygens (including phenoxy) is 1. The van der Waals surface area contributed by atoms with Crippen LogP contribution in [0.1, 0.15) is 59.1 Å². The van der Waals surface area contributed by atoms with Crippen molar-refractivity contribution in [3.05, 3.63) is 23.9 Å². The SMILES string of the molecule is CCN(C(=O)OC(C)(C)C)c1ncccc1[C@H]1CCCN1CC. The van der Waals surface area contributed by atoms with E-state index in [1.165, 1.54) is 6.42 Å². The summed E-state index contributed by atoms with van der Waals surface area (Å²) >= 11 is 0. The minimum absolute atomic E-state index is 0.332. The van der Waals surface area contributed by atoms with Gasteiger partial charge in [-0.3, -0.25) is 9.80 Å². The van der Waals surface area contributed by atoms with Gasteiger partial charge in [-0.1, -0.05) is 13.0 Å². The van der Waals surface area contributed by atoms with E-state index in [1.807, 2.05) is 33.8 Å². The highest BCUT2D eigenvalue weighted by Gasteiger charge is 2.31. The van der Waals surface area contributed by atoms with Gasteiger partial charge in [0.15, 0.2) is 0 Å². The van der Waals surface area contributed by atoms with Gasteiger partial charge in [-0.05, 0) is 59.7 Å². The lowest BCUT2D eigenvalue weighted by Gasteiger charge is -2.30. The highest BCUT2D eigenvalue weighted by molar-refractivity contribution is 5.87. The van der Waals surface area contributed by atoms with Gasteiger partial charge in [-0.25, -0.2) is 9.78 Å². The maximum absolute atomic E-state index is 12.6. The maximum atomic E-state index is 12.6. The smallest absolute Gasteiger partial charge is 0.415 e. The van der Waals surface area contributed by atoms with Gasteiger partial charge in [0, 0.05) is 24.3 Å². The molecular weight excluding hydrogens is 290 g/mol. The van der Waals surface area contributed by atoms with Crippen molar-refractivity contribution in [1.82, 2.24) is 9.88 Å². The molecule has 0 aliphatic carbocycles. The lowest BCUT2D eigenvalue weighted by molar-refractivity contribution is 0.0580. The molecule has 1 aromatic rings. The van der Waals surface area contributed by atoms with Crippen LogP contribution in [-0.4, -0.2) is 41.2 Å². The number of nitrogens with zero attached hydrogens (tertiary/aromatic N) is 3. The van der Waals surface area contributed by atoms with Gasteiger partial charge in [-0.15, -0.1) is 0 Å². The zero-order chi connectivity index (χ0) is 17.0. The highest BCUT2D eigenvalue weighted by atomic mass is 16.6. The van der Waals surface area contributed by atoms with Gasteiger partial charge in [-0.2, -0.15) is 0 Å². The van der Waals surface area contributed by atoms with E-state index in [-0.39, 0.29) is 6.09 Å². The summed E-state index contributed by atoms with van der Waals surface area (Å²) in [6.45, 7) is 12.4. The standard InChI is InChI=1S/C18H29N3O2/c1-6-20-13-9-11-15(20)14-10-8-12-19-16(14)21(7-2)17(22)23-18(3,4)5/h8,10,12,15H,6-7,9,11,13H2,1-5H3/t15-/m1/s1. The Morgan fingerprint density at radius 2 is 2.17 bits per heavy atom. The quantitative estimate of drug-likeness (QED) is 0.841. The minimum atomic E-state index is -0.512. The average Bonchev–Trinajstić information content (AvgIpc) is 2.95. The molecule has 0 aromatic carbocycles. The Bertz CT molecular complexity index is 539. The highest BCUT2D eigenvalue weighted by Crippen LogP contribution is 2.36. The molecule has 0 spiro atoms. The predicted molar refractivity (Wildman–Crippen MR) is 92.7 cm³/mol. The van der Waals surface area contributed by atoms with Crippen LogP contribution in [0.15, 0.2) is 18.3 Å². The Morgan fingerprint density at radius 3 is 2.78 bits per heavy atom. The molecule has 1 fully saturated rings. The molecule has 0 unspecified atom stereocenters. The molecule has 23 heavy (non-hydrogen) atoms. The topological polar surface area (TPSA) is 45.7 Å². The summed E-state index contributed by atoms with van der Waals surface area (Å²) in [6.07, 6.45) is 3.71. The summed E-state index contributed by atoms with van der Waals surface area (Å²) in [7, 11) is 0. The molecule has 128 valence electrons. The Hall–Kier alpha value is -1.62. The number of anilines is 1. The summed E-state index contributed by atoms with van der Waals surface area (Å²) in [5, 5.41) is 0. The predicted octanol–water partition coefficient (Wildman–Crippen LogP) is 4.00. The van der Waals surface area contributed by atoms with Crippen molar-refractivity contribution in [2.45, 2.75) is 59.1 Å². The molecule has 0 saturated carbocycles. The number of likely N-dealkylation sites (tertiary alicyclic amines) is 1. The van der Waals surface area contributed by atoms with Crippen LogP contribution in [0.2, 0.25) is 0 Å². The zero-order valence-electron chi connectivity index (χ0n) is 15.0. The van der Waals surface area contributed by atoms with Crippen molar-refractivity contribution in [3.63, 3.8) is 0 Å². The van der Waals surface area contributed by atoms with Crippen molar-refractivity contribution in [2.24, 2.45) is 0 Å². The van der Waals surface area contributed by atoms with Gasteiger partial charge < -0.3 is 4.74 Å². The van der Waals surface area contributed by atoms with Crippen LogP contribution in [0.4, 0.5) is 10.6 Å². The van der Waals surface area contributed by atoms with Crippen molar-refractivity contribution in [1.29, 1.82) is 0 Å². The monoisotopic (exact) mass is 319 g/mol. The Kier molecular flexibility index (Phi) is 5.63. The van der Waals surface area contributed by atoms with E-state index in [9.17, 15) is 4.79 Å². The maximum Gasteiger partial charge on any atom is 0.415 e. The third-order valence-electron chi connectivity index (χ3n) is 4.13. The van der Waals surface area contributed by atoms with E-state index in [4.69, 9.17) is 4.74 Å². The molecule has 1 aliphatic heterocycles. The molecule has 2 heterocycles. The molecule has 1 aromatic heterocycles. The molecule has 5 nitrogen and oxygen atoms in total. The number of amides is 1. The van der Waals surface area contributed by atoms with Crippen molar-refractivity contribution >= 4 is 11.9 Å². The molecular formula is C18H29N3O2. The summed E-state index contributed by atoms with van der Waals surface area (Å²) in [4.78, 5) is 21.2. The number of rotatable bonds is 4. The van der Waals surface area contributed by atoms with Crippen LogP contribution in [-0.2, 0) is 4.74 Å². The summed E-state index contributed by atoms with van der Waals surface area (Å²) in [5.41, 5.74) is 0.613. The van der Waals surface area contributed by atoms with Crippen LogP contribution in [0, 0.1) is 0 Å². The van der Waals surface area contributed by atoms with Crippen LogP contribution in [0.5, 0.6) is 0 Å². The Morgan fingerprint density at radius 1 is 1.43 bits per heavy atom. The second-order valence-electron chi connectivity index (χ2n) is 6.93. The lowest BCUT2D eigenvalue weighted by Crippen LogP contribution is -2.38. The summed E-state index contributed by atoms with van der Waals surface area (Å²) < 4.78 is 5.55. The van der Waals surface area contributed by atoms with Gasteiger partial charge in [0.25, 0.3) is 0 Å². The van der Waals surface area contributed by atoms with E-state index in [1.54, 1.807) is 11.1 Å². The second-order valence-corrected chi connectivity index (χ2v) is 6.93. The zero-order valence-corrected chi connectivity index (χ0v) is 15.0. The first kappa shape index (κ1) is 17.7. The summed E-state index contributed by atoms with van der Waals surface area (Å²) in [5.74, 6) is 0.731. The van der Waals surface area contributed by atoms with Crippen molar-refractivity contribution < 1.29 is 9.53 Å². The van der Waals surface area contributed by atoms with E-state index in [0.29, 0.717) is 12.6 Å². The molecule has 1 amide bonds. The molecule has 1 aliphatic rings. The first-order valence-electron chi connectivity index (χ1n) is 8.56. The first-order valence-corrected chi connectivity index (χ1v) is 8.56. The van der Waals surface area contributed by atoms with Crippen LogP contribution < -0.4 is 4.90 Å². The Balaban J connectivity index is 2.32. The molecule has 1 atom stereocenters. The largest absolute Gasteiger partial charge is 0.443 e. The minimum Gasteiger partial charge on any atom is -0.443 e. The molecule has 1 saturated heterocycles. The molecule has 0 bridgehead atoms. The average molecular weight is 319 g/mol. The van der Waals surface area contributed by atoms with Gasteiger partial charge >= 0.3 is 6.09 Å². The Labute approximate surface area is 139 Å². The normalized spacial score (nSPS) is 18.9. The number of aromatic nitrogens is 1. The second kappa shape index (κ2) is 7.30. The first-order chi connectivity index (χ1) is 10.9. The molecule has 0 radical (unpaired) electrons. The van der Waals surface area contributed by atoms with E-state index >= 15 is 0 Å². The van der Waals surface area contributed by atoms with Crippen LogP contribution in [0.25, 0.3) is 0 Å². The van der Waals surface area contributed by atoms with E-state index < -0.39 is 5.60 Å². The van der Waals surface area contributed by atoms with E-state index in [2.05, 4.69) is 22.9 Å². The van der Waals surface area contributed by atoms with Crippen LogP contribution in [0.3, 0.4) is 0 Å². The lowest BCUT2D eigenvalue weighted by atomic mass is 10.0. The van der Waals surface area contributed by atoms with Crippen LogP contribution >= 0.6 is 0 Å². The van der Waals surface area contributed by atoms with Crippen molar-refractivity contribution in [2.75, 3.05) is 24.5 Å². The van der Waals surface area contributed by atoms with Gasteiger partial charge in [0.05, 0.1) is 0 Å². The number of pyridine rings is 1. The fraction of sp³-hybridized carbons (Fsp3) is 0.667. The molecule has 5 heteroatoms. The number of carbonyl (C=O) groups is 1. The third-order valence-corrected chi connectivity index (χ3v) is 4.13. The number of carbonyl (C=O) groups excluding carboxylic acids is 1. The van der Waals surface area contributed by atoms with E-state index in [0.717, 1.165) is 30.9 Å². The third kappa shape index (κ3) is 4.22. The fourth-order valence-corrected chi connectivity index (χ4v) is 3.13. The number of hydrogen-bond acceptors (Lipinski definition) is 4. The molecule has 2 rings (SSSR count). The van der Waals surface area contributed by atoms with Crippen molar-refractivity contribution in [3.8, 4) is 0 Å². The number of hydrogen-bond donors (Lipinski definition) is 0. The summed E-state index contributed by atoms with van der Waals surface area (Å²) in [6, 6.07) is 4.38. The van der Waals surface area contributed by atoms with Gasteiger partial charge in [0.2, 0.25) is 0 Å². The fourth-order valence-electron chi connectivity index (χ4n) is 3.13. The van der Waals surface area contributed by atoms with Gasteiger partial charge in [0.1, 0.15) is 11.4 Å².